The summed E-state index contributed by atoms with van der Waals surface area (Å²) in [6.07, 6.45) is 8.34. The Kier molecular flexibility index (Phi) is 6.65. The molecule has 1 unspecified atom stereocenters. The number of nitrogens with one attached hydrogen (secondary N) is 1. The van der Waals surface area contributed by atoms with Crippen LogP contribution in [0, 0.1) is 11.3 Å². The Hall–Kier alpha value is -0.0800. The molecule has 2 heteroatoms. The van der Waals surface area contributed by atoms with E-state index < -0.39 is 0 Å². The van der Waals surface area contributed by atoms with E-state index in [1.54, 1.807) is 0 Å². The fourth-order valence-electron chi connectivity index (χ4n) is 3.44. The lowest BCUT2D eigenvalue weighted by atomic mass is 9.82. The van der Waals surface area contributed by atoms with Crippen LogP contribution in [-0.4, -0.2) is 38.1 Å². The van der Waals surface area contributed by atoms with Crippen LogP contribution in [0.15, 0.2) is 0 Å². The first-order valence-corrected chi connectivity index (χ1v) is 7.89. The molecule has 0 aliphatic heterocycles. The van der Waals surface area contributed by atoms with Gasteiger partial charge in [0.2, 0.25) is 0 Å². The quantitative estimate of drug-likeness (QED) is 0.748. The van der Waals surface area contributed by atoms with Gasteiger partial charge in [-0.1, -0.05) is 27.2 Å². The molecule has 0 radical (unpaired) electrons. The first-order chi connectivity index (χ1) is 8.54. The lowest BCUT2D eigenvalue weighted by Gasteiger charge is -2.40. The summed E-state index contributed by atoms with van der Waals surface area (Å²) in [6, 6.07) is 0.829. The van der Waals surface area contributed by atoms with Crippen LogP contribution in [0.25, 0.3) is 0 Å². The number of rotatable bonds is 7. The SMILES string of the molecule is CCC1CCC(N(C)CC(C)(CC)CNC)CC1. The van der Waals surface area contributed by atoms with Gasteiger partial charge in [-0.25, -0.2) is 0 Å². The predicted octanol–water partition coefficient (Wildman–Crippen LogP) is 3.52. The number of hydrogen-bond acceptors (Lipinski definition) is 2. The fourth-order valence-corrected chi connectivity index (χ4v) is 3.44. The molecule has 1 fully saturated rings. The van der Waals surface area contributed by atoms with Crippen LogP contribution in [0.3, 0.4) is 0 Å². The summed E-state index contributed by atoms with van der Waals surface area (Å²) in [5.41, 5.74) is 0.422. The molecule has 2 nitrogen and oxygen atoms in total. The Morgan fingerprint density at radius 1 is 1.17 bits per heavy atom. The Morgan fingerprint density at radius 3 is 2.22 bits per heavy atom. The maximum atomic E-state index is 3.36. The van der Waals surface area contributed by atoms with Gasteiger partial charge in [0.05, 0.1) is 0 Å². The Morgan fingerprint density at radius 2 is 1.78 bits per heavy atom. The fraction of sp³-hybridized carbons (Fsp3) is 1.00. The first kappa shape index (κ1) is 16.0. The Bertz CT molecular complexity index is 221. The molecule has 0 saturated heterocycles. The van der Waals surface area contributed by atoms with Gasteiger partial charge in [0.1, 0.15) is 0 Å². The highest BCUT2D eigenvalue weighted by molar-refractivity contribution is 4.83. The van der Waals surface area contributed by atoms with Gasteiger partial charge in [0, 0.05) is 19.1 Å². The molecule has 1 rings (SSSR count). The Labute approximate surface area is 115 Å². The molecule has 0 aromatic rings. The van der Waals surface area contributed by atoms with Crippen molar-refractivity contribution < 1.29 is 0 Å². The zero-order chi connectivity index (χ0) is 13.6. The first-order valence-electron chi connectivity index (χ1n) is 7.89. The second kappa shape index (κ2) is 7.49. The average molecular weight is 254 g/mol. The van der Waals surface area contributed by atoms with Crippen molar-refractivity contribution in [3.63, 3.8) is 0 Å². The van der Waals surface area contributed by atoms with Gasteiger partial charge in [-0.3, -0.25) is 0 Å². The van der Waals surface area contributed by atoms with E-state index in [-0.39, 0.29) is 0 Å². The van der Waals surface area contributed by atoms with E-state index in [0.29, 0.717) is 5.41 Å². The van der Waals surface area contributed by atoms with Gasteiger partial charge in [-0.05, 0) is 57.5 Å². The highest BCUT2D eigenvalue weighted by Gasteiger charge is 2.28. The third-order valence-electron chi connectivity index (χ3n) is 5.11. The molecule has 0 aromatic heterocycles. The molecule has 0 amide bonds. The molecule has 18 heavy (non-hydrogen) atoms. The van der Waals surface area contributed by atoms with E-state index in [9.17, 15) is 0 Å². The lowest BCUT2D eigenvalue weighted by Crippen LogP contribution is -2.44. The van der Waals surface area contributed by atoms with E-state index in [1.807, 2.05) is 0 Å². The highest BCUT2D eigenvalue weighted by Crippen LogP contribution is 2.31. The van der Waals surface area contributed by atoms with Crippen molar-refractivity contribution in [3.05, 3.63) is 0 Å². The zero-order valence-electron chi connectivity index (χ0n) is 13.3. The molecule has 0 spiro atoms. The number of nitrogens with zero attached hydrogens (tertiary/aromatic N) is 1. The van der Waals surface area contributed by atoms with Crippen molar-refractivity contribution in [2.24, 2.45) is 11.3 Å². The molecule has 1 aliphatic carbocycles. The van der Waals surface area contributed by atoms with Crippen molar-refractivity contribution in [1.29, 1.82) is 0 Å². The molecule has 1 saturated carbocycles. The molecule has 0 aromatic carbocycles. The van der Waals surface area contributed by atoms with Crippen molar-refractivity contribution in [3.8, 4) is 0 Å². The van der Waals surface area contributed by atoms with Crippen LogP contribution in [0.2, 0.25) is 0 Å². The van der Waals surface area contributed by atoms with Crippen LogP contribution >= 0.6 is 0 Å². The van der Waals surface area contributed by atoms with Gasteiger partial charge < -0.3 is 10.2 Å². The molecule has 108 valence electrons. The molecule has 1 N–H and O–H groups in total. The van der Waals surface area contributed by atoms with Crippen LogP contribution in [0.1, 0.15) is 59.3 Å². The zero-order valence-corrected chi connectivity index (χ0v) is 13.3. The van der Waals surface area contributed by atoms with E-state index in [4.69, 9.17) is 0 Å². The summed E-state index contributed by atoms with van der Waals surface area (Å²) in [7, 11) is 4.40. The van der Waals surface area contributed by atoms with Crippen LogP contribution in [-0.2, 0) is 0 Å². The summed E-state index contributed by atoms with van der Waals surface area (Å²) in [5, 5.41) is 3.36. The van der Waals surface area contributed by atoms with Gasteiger partial charge >= 0.3 is 0 Å². The van der Waals surface area contributed by atoms with Crippen LogP contribution < -0.4 is 5.32 Å². The molecule has 0 heterocycles. The molecule has 1 aliphatic rings. The smallest absolute Gasteiger partial charge is 0.00926 e. The van der Waals surface area contributed by atoms with E-state index in [0.717, 1.165) is 18.5 Å². The minimum absolute atomic E-state index is 0.422. The standard InChI is InChI=1S/C16H34N2/c1-6-14-8-10-15(11-9-14)18(5)13-16(3,7-2)12-17-4/h14-15,17H,6-13H2,1-5H3. The van der Waals surface area contributed by atoms with Crippen molar-refractivity contribution in [2.75, 3.05) is 27.2 Å². The maximum absolute atomic E-state index is 3.36. The van der Waals surface area contributed by atoms with Gasteiger partial charge in [-0.2, -0.15) is 0 Å². The second-order valence-corrected chi connectivity index (χ2v) is 6.69. The van der Waals surface area contributed by atoms with Gasteiger partial charge in [0.25, 0.3) is 0 Å². The van der Waals surface area contributed by atoms with E-state index >= 15 is 0 Å². The van der Waals surface area contributed by atoms with Gasteiger partial charge in [0.15, 0.2) is 0 Å². The summed E-state index contributed by atoms with van der Waals surface area (Å²) >= 11 is 0. The molecule has 0 bridgehead atoms. The predicted molar refractivity (Wildman–Crippen MR) is 81.0 cm³/mol. The Balaban J connectivity index is 2.42. The minimum atomic E-state index is 0.422. The van der Waals surface area contributed by atoms with E-state index in [2.05, 4.69) is 45.1 Å². The van der Waals surface area contributed by atoms with Crippen molar-refractivity contribution in [1.82, 2.24) is 10.2 Å². The second-order valence-electron chi connectivity index (χ2n) is 6.69. The van der Waals surface area contributed by atoms with E-state index in [1.165, 1.54) is 45.1 Å². The summed E-state index contributed by atoms with van der Waals surface area (Å²) in [4.78, 5) is 2.63. The third kappa shape index (κ3) is 4.55. The minimum Gasteiger partial charge on any atom is -0.319 e. The van der Waals surface area contributed by atoms with Crippen molar-refractivity contribution in [2.45, 2.75) is 65.3 Å². The third-order valence-corrected chi connectivity index (χ3v) is 5.11. The summed E-state index contributed by atoms with van der Waals surface area (Å²) in [6.45, 7) is 9.43. The maximum Gasteiger partial charge on any atom is 0.00926 e. The largest absolute Gasteiger partial charge is 0.319 e. The topological polar surface area (TPSA) is 15.3 Å². The lowest BCUT2D eigenvalue weighted by molar-refractivity contribution is 0.106. The number of hydrogen-bond donors (Lipinski definition) is 1. The average Bonchev–Trinajstić information content (AvgIpc) is 2.39. The van der Waals surface area contributed by atoms with Crippen LogP contribution in [0.4, 0.5) is 0 Å². The summed E-state index contributed by atoms with van der Waals surface area (Å²) in [5.74, 6) is 1.00. The van der Waals surface area contributed by atoms with Gasteiger partial charge in [-0.15, -0.1) is 0 Å². The highest BCUT2D eigenvalue weighted by atomic mass is 15.1. The van der Waals surface area contributed by atoms with Crippen LogP contribution in [0.5, 0.6) is 0 Å². The monoisotopic (exact) mass is 254 g/mol. The van der Waals surface area contributed by atoms with Crippen molar-refractivity contribution >= 4 is 0 Å². The molecular weight excluding hydrogens is 220 g/mol. The molecule has 1 atom stereocenters. The summed E-state index contributed by atoms with van der Waals surface area (Å²) < 4.78 is 0. The normalized spacial score (nSPS) is 28.3. The molecular formula is C16H34N2.